The van der Waals surface area contributed by atoms with E-state index in [1.165, 1.54) is 0 Å². The van der Waals surface area contributed by atoms with Gasteiger partial charge in [-0.25, -0.2) is 13.1 Å². The van der Waals surface area contributed by atoms with Crippen molar-refractivity contribution >= 4 is 21.8 Å². The van der Waals surface area contributed by atoms with Gasteiger partial charge in [0.1, 0.15) is 0 Å². The van der Waals surface area contributed by atoms with Crippen LogP contribution in [0.15, 0.2) is 23.1 Å². The second kappa shape index (κ2) is 6.56. The molecular weight excluding hydrogens is 268 g/mol. The third-order valence-corrected chi connectivity index (χ3v) is 5.25. The molecule has 0 bridgehead atoms. The zero-order chi connectivity index (χ0) is 13.8. The molecule has 0 saturated carbocycles. The zero-order valence-corrected chi connectivity index (χ0v) is 12.6. The molecular formula is C12H20N2O2S2. The van der Waals surface area contributed by atoms with E-state index in [4.69, 9.17) is 5.73 Å². The number of rotatable bonds is 6. The lowest BCUT2D eigenvalue weighted by atomic mass is 10.1. The van der Waals surface area contributed by atoms with Crippen LogP contribution in [0.25, 0.3) is 0 Å². The maximum absolute atomic E-state index is 12.2. The lowest BCUT2D eigenvalue weighted by Gasteiger charge is -2.15. The first-order valence-electron chi connectivity index (χ1n) is 5.72. The quantitative estimate of drug-likeness (QED) is 0.832. The molecule has 0 radical (unpaired) electrons. The Balaban J connectivity index is 3.05. The Labute approximate surface area is 113 Å². The average molecular weight is 288 g/mol. The van der Waals surface area contributed by atoms with Crippen molar-refractivity contribution < 1.29 is 8.42 Å². The van der Waals surface area contributed by atoms with Gasteiger partial charge in [-0.3, -0.25) is 0 Å². The Morgan fingerprint density at radius 2 is 2.11 bits per heavy atom. The van der Waals surface area contributed by atoms with E-state index in [2.05, 4.69) is 4.72 Å². The molecule has 0 aromatic heterocycles. The summed E-state index contributed by atoms with van der Waals surface area (Å²) in [5.74, 6) is 0.745. The van der Waals surface area contributed by atoms with Gasteiger partial charge in [0.15, 0.2) is 0 Å². The van der Waals surface area contributed by atoms with Crippen LogP contribution < -0.4 is 10.5 Å². The van der Waals surface area contributed by atoms with E-state index in [0.717, 1.165) is 16.9 Å². The fourth-order valence-corrected chi connectivity index (χ4v) is 4.01. The lowest BCUT2D eigenvalue weighted by Crippen LogP contribution is -2.34. The zero-order valence-electron chi connectivity index (χ0n) is 10.9. The van der Waals surface area contributed by atoms with Crippen LogP contribution in [0.3, 0.4) is 0 Å². The number of thioether (sulfide) groups is 1. The standard InChI is InChI=1S/C12H20N2O2S2/c1-9(8-17-3)14-18(15,16)12-6-4-5-11(7-13)10(12)2/h4-6,9,14H,7-8,13H2,1-3H3. The van der Waals surface area contributed by atoms with Crippen LogP contribution in [0.1, 0.15) is 18.1 Å². The summed E-state index contributed by atoms with van der Waals surface area (Å²) >= 11 is 1.61. The van der Waals surface area contributed by atoms with Crippen molar-refractivity contribution in [1.29, 1.82) is 0 Å². The minimum absolute atomic E-state index is 0.0917. The third-order valence-electron chi connectivity index (χ3n) is 2.68. The summed E-state index contributed by atoms with van der Waals surface area (Å²) in [6.07, 6.45) is 1.95. The normalized spacial score (nSPS) is 13.6. The number of hydrogen-bond donors (Lipinski definition) is 2. The third kappa shape index (κ3) is 3.71. The summed E-state index contributed by atoms with van der Waals surface area (Å²) in [7, 11) is -3.46. The molecule has 1 unspecified atom stereocenters. The molecule has 0 spiro atoms. The fraction of sp³-hybridized carbons (Fsp3) is 0.500. The molecule has 6 heteroatoms. The van der Waals surface area contributed by atoms with E-state index in [9.17, 15) is 8.42 Å². The van der Waals surface area contributed by atoms with Gasteiger partial charge in [0.05, 0.1) is 4.90 Å². The number of nitrogens with two attached hydrogens (primary N) is 1. The Morgan fingerprint density at radius 3 is 2.67 bits per heavy atom. The molecule has 0 fully saturated rings. The van der Waals surface area contributed by atoms with E-state index in [-0.39, 0.29) is 6.04 Å². The molecule has 1 aromatic carbocycles. The van der Waals surface area contributed by atoms with Crippen molar-refractivity contribution in [3.63, 3.8) is 0 Å². The Hall–Kier alpha value is -0.560. The molecule has 0 aliphatic heterocycles. The first-order valence-corrected chi connectivity index (χ1v) is 8.60. The van der Waals surface area contributed by atoms with Crippen LogP contribution in [-0.2, 0) is 16.6 Å². The second-order valence-electron chi connectivity index (χ2n) is 4.22. The fourth-order valence-electron chi connectivity index (χ4n) is 1.78. The molecule has 0 saturated heterocycles. The average Bonchev–Trinajstić information content (AvgIpc) is 2.28. The summed E-state index contributed by atoms with van der Waals surface area (Å²) in [6.45, 7) is 3.99. The van der Waals surface area contributed by atoms with Gasteiger partial charge in [-0.05, 0) is 37.3 Å². The number of hydrogen-bond acceptors (Lipinski definition) is 4. The molecule has 1 atom stereocenters. The predicted octanol–water partition coefficient (Wildman–Crippen LogP) is 1.48. The van der Waals surface area contributed by atoms with E-state index in [1.54, 1.807) is 30.8 Å². The maximum atomic E-state index is 12.2. The van der Waals surface area contributed by atoms with Crippen LogP contribution in [0.4, 0.5) is 0 Å². The van der Waals surface area contributed by atoms with Crippen molar-refractivity contribution in [1.82, 2.24) is 4.72 Å². The molecule has 0 aliphatic rings. The Bertz CT molecular complexity index is 501. The van der Waals surface area contributed by atoms with Gasteiger partial charge in [0.25, 0.3) is 0 Å². The molecule has 0 amide bonds. The molecule has 3 N–H and O–H groups in total. The number of sulfonamides is 1. The first-order chi connectivity index (χ1) is 8.42. The first kappa shape index (κ1) is 15.5. The van der Waals surface area contributed by atoms with Crippen molar-refractivity contribution in [2.75, 3.05) is 12.0 Å². The van der Waals surface area contributed by atoms with Gasteiger partial charge in [-0.2, -0.15) is 11.8 Å². The minimum atomic E-state index is -3.46. The highest BCUT2D eigenvalue weighted by molar-refractivity contribution is 7.98. The van der Waals surface area contributed by atoms with Crippen LogP contribution in [-0.4, -0.2) is 26.5 Å². The molecule has 0 aliphatic carbocycles. The van der Waals surface area contributed by atoms with Crippen LogP contribution >= 0.6 is 11.8 Å². The minimum Gasteiger partial charge on any atom is -0.326 e. The highest BCUT2D eigenvalue weighted by atomic mass is 32.2. The summed E-state index contributed by atoms with van der Waals surface area (Å²) in [6, 6.07) is 5.09. The van der Waals surface area contributed by atoms with Gasteiger partial charge in [0, 0.05) is 18.3 Å². The van der Waals surface area contributed by atoms with E-state index in [0.29, 0.717) is 11.4 Å². The highest BCUT2D eigenvalue weighted by Gasteiger charge is 2.20. The van der Waals surface area contributed by atoms with E-state index in [1.807, 2.05) is 19.2 Å². The maximum Gasteiger partial charge on any atom is 0.241 e. The van der Waals surface area contributed by atoms with Crippen molar-refractivity contribution in [2.45, 2.75) is 31.3 Å². The van der Waals surface area contributed by atoms with Gasteiger partial charge < -0.3 is 5.73 Å². The van der Waals surface area contributed by atoms with Crippen LogP contribution in [0, 0.1) is 6.92 Å². The summed E-state index contributed by atoms with van der Waals surface area (Å²) in [4.78, 5) is 0.318. The number of benzene rings is 1. The summed E-state index contributed by atoms with van der Waals surface area (Å²) in [5, 5.41) is 0. The smallest absolute Gasteiger partial charge is 0.241 e. The van der Waals surface area contributed by atoms with Gasteiger partial charge in [-0.15, -0.1) is 0 Å². The SMILES string of the molecule is CSCC(C)NS(=O)(=O)c1cccc(CN)c1C. The topological polar surface area (TPSA) is 72.2 Å². The second-order valence-corrected chi connectivity index (χ2v) is 6.82. The molecule has 102 valence electrons. The Morgan fingerprint density at radius 1 is 1.44 bits per heavy atom. The molecule has 1 rings (SSSR count). The lowest BCUT2D eigenvalue weighted by molar-refractivity contribution is 0.570. The summed E-state index contributed by atoms with van der Waals surface area (Å²) in [5.41, 5.74) is 7.18. The van der Waals surface area contributed by atoms with Crippen molar-refractivity contribution in [2.24, 2.45) is 5.73 Å². The largest absolute Gasteiger partial charge is 0.326 e. The number of nitrogens with one attached hydrogen (secondary N) is 1. The van der Waals surface area contributed by atoms with Crippen molar-refractivity contribution in [3.8, 4) is 0 Å². The molecule has 18 heavy (non-hydrogen) atoms. The summed E-state index contributed by atoms with van der Waals surface area (Å²) < 4.78 is 27.2. The van der Waals surface area contributed by atoms with E-state index < -0.39 is 10.0 Å². The van der Waals surface area contributed by atoms with Crippen LogP contribution in [0.5, 0.6) is 0 Å². The van der Waals surface area contributed by atoms with Crippen molar-refractivity contribution in [3.05, 3.63) is 29.3 Å². The van der Waals surface area contributed by atoms with E-state index >= 15 is 0 Å². The molecule has 4 nitrogen and oxygen atoms in total. The van der Waals surface area contributed by atoms with Gasteiger partial charge in [-0.1, -0.05) is 12.1 Å². The molecule has 1 aromatic rings. The highest BCUT2D eigenvalue weighted by Crippen LogP contribution is 2.19. The Kier molecular flexibility index (Phi) is 5.65. The monoisotopic (exact) mass is 288 g/mol. The van der Waals surface area contributed by atoms with Gasteiger partial charge in [0.2, 0.25) is 10.0 Å². The van der Waals surface area contributed by atoms with Crippen LogP contribution in [0.2, 0.25) is 0 Å². The molecule has 0 heterocycles. The predicted molar refractivity (Wildman–Crippen MR) is 77.2 cm³/mol. The van der Waals surface area contributed by atoms with Gasteiger partial charge >= 0.3 is 0 Å².